The number of aromatic hydroxyl groups is 1. The Kier molecular flexibility index (Phi) is 3.48. The van der Waals surface area contributed by atoms with Crippen LogP contribution < -0.4 is 0 Å². The second-order valence-electron chi connectivity index (χ2n) is 3.59. The zero-order valence-corrected chi connectivity index (χ0v) is 10.3. The smallest absolute Gasteiger partial charge is 0.360 e. The number of hydrogen-bond donors (Lipinski definition) is 1. The average molecular weight is 264 g/mol. The Morgan fingerprint density at radius 3 is 2.72 bits per heavy atom. The van der Waals surface area contributed by atoms with Crippen LogP contribution in [0, 0.1) is 0 Å². The second-order valence-corrected chi connectivity index (χ2v) is 4.03. The standard InChI is InChI=1S/C13H10ClNO3/c1-18-13(17)12-11(16)6-9(7-15-12)8-3-2-4-10(14)5-8/h2-7,16H,1H3. The molecular weight excluding hydrogens is 254 g/mol. The van der Waals surface area contributed by atoms with E-state index in [1.54, 1.807) is 18.2 Å². The van der Waals surface area contributed by atoms with Crippen molar-refractivity contribution in [3.05, 3.63) is 47.2 Å². The third-order valence-electron chi connectivity index (χ3n) is 2.40. The maximum absolute atomic E-state index is 11.3. The van der Waals surface area contributed by atoms with Gasteiger partial charge in [-0.25, -0.2) is 9.78 Å². The van der Waals surface area contributed by atoms with E-state index >= 15 is 0 Å². The predicted molar refractivity (Wildman–Crippen MR) is 67.7 cm³/mol. The van der Waals surface area contributed by atoms with Gasteiger partial charge in [0.25, 0.3) is 0 Å². The molecule has 0 fully saturated rings. The van der Waals surface area contributed by atoms with E-state index in [0.29, 0.717) is 10.6 Å². The van der Waals surface area contributed by atoms with Crippen LogP contribution in [-0.2, 0) is 4.74 Å². The maximum atomic E-state index is 11.3. The Bertz CT molecular complexity index is 599. The molecule has 18 heavy (non-hydrogen) atoms. The molecule has 0 saturated heterocycles. The fourth-order valence-electron chi connectivity index (χ4n) is 1.53. The monoisotopic (exact) mass is 263 g/mol. The molecule has 0 aliphatic rings. The van der Waals surface area contributed by atoms with E-state index < -0.39 is 5.97 Å². The Morgan fingerprint density at radius 1 is 1.33 bits per heavy atom. The number of carbonyl (C=O) groups is 1. The molecule has 0 atom stereocenters. The minimum atomic E-state index is -0.676. The number of carbonyl (C=O) groups excluding carboxylic acids is 1. The van der Waals surface area contributed by atoms with Crippen molar-refractivity contribution in [3.63, 3.8) is 0 Å². The van der Waals surface area contributed by atoms with E-state index in [9.17, 15) is 9.90 Å². The van der Waals surface area contributed by atoms with Gasteiger partial charge in [0, 0.05) is 16.8 Å². The van der Waals surface area contributed by atoms with E-state index in [-0.39, 0.29) is 11.4 Å². The van der Waals surface area contributed by atoms with Gasteiger partial charge in [-0.1, -0.05) is 23.7 Å². The summed E-state index contributed by atoms with van der Waals surface area (Å²) >= 11 is 5.88. The lowest BCUT2D eigenvalue weighted by Gasteiger charge is -2.05. The minimum Gasteiger partial charge on any atom is -0.505 e. The third-order valence-corrected chi connectivity index (χ3v) is 2.64. The molecule has 0 bridgehead atoms. The van der Waals surface area contributed by atoms with Crippen molar-refractivity contribution < 1.29 is 14.6 Å². The molecule has 1 N–H and O–H groups in total. The molecule has 92 valence electrons. The SMILES string of the molecule is COC(=O)c1ncc(-c2cccc(Cl)c2)cc1O. The number of benzene rings is 1. The predicted octanol–water partition coefficient (Wildman–Crippen LogP) is 2.89. The quantitative estimate of drug-likeness (QED) is 0.847. The molecular formula is C13H10ClNO3. The first-order valence-corrected chi connectivity index (χ1v) is 5.53. The summed E-state index contributed by atoms with van der Waals surface area (Å²) in [5.41, 5.74) is 1.37. The molecule has 0 saturated carbocycles. The number of pyridine rings is 1. The topological polar surface area (TPSA) is 59.4 Å². The fraction of sp³-hybridized carbons (Fsp3) is 0.0769. The van der Waals surface area contributed by atoms with Gasteiger partial charge in [-0.2, -0.15) is 0 Å². The number of aromatic nitrogens is 1. The molecule has 2 rings (SSSR count). The van der Waals surface area contributed by atoms with E-state index in [4.69, 9.17) is 11.6 Å². The van der Waals surface area contributed by atoms with Crippen LogP contribution in [0.25, 0.3) is 11.1 Å². The number of nitrogens with zero attached hydrogens (tertiary/aromatic N) is 1. The summed E-state index contributed by atoms with van der Waals surface area (Å²) < 4.78 is 4.50. The third kappa shape index (κ3) is 2.43. The zero-order valence-electron chi connectivity index (χ0n) is 9.55. The molecule has 0 spiro atoms. The molecule has 1 heterocycles. The second kappa shape index (κ2) is 5.06. The lowest BCUT2D eigenvalue weighted by molar-refractivity contribution is 0.0590. The van der Waals surface area contributed by atoms with Crippen LogP contribution in [-0.4, -0.2) is 23.2 Å². The summed E-state index contributed by atoms with van der Waals surface area (Å²) in [6.45, 7) is 0. The molecule has 4 nitrogen and oxygen atoms in total. The number of rotatable bonds is 2. The highest BCUT2D eigenvalue weighted by atomic mass is 35.5. The average Bonchev–Trinajstić information content (AvgIpc) is 2.37. The number of methoxy groups -OCH3 is 1. The van der Waals surface area contributed by atoms with Crippen molar-refractivity contribution in [1.29, 1.82) is 0 Å². The summed E-state index contributed by atoms with van der Waals surface area (Å²) in [4.78, 5) is 15.2. The summed E-state index contributed by atoms with van der Waals surface area (Å²) in [5.74, 6) is -0.899. The van der Waals surface area contributed by atoms with Gasteiger partial charge in [-0.15, -0.1) is 0 Å². The highest BCUT2D eigenvalue weighted by Gasteiger charge is 2.14. The van der Waals surface area contributed by atoms with Crippen molar-refractivity contribution in [2.45, 2.75) is 0 Å². The fourth-order valence-corrected chi connectivity index (χ4v) is 1.72. The van der Waals surface area contributed by atoms with Crippen LogP contribution in [0.3, 0.4) is 0 Å². The molecule has 1 aromatic heterocycles. The van der Waals surface area contributed by atoms with Gasteiger partial charge < -0.3 is 9.84 Å². The van der Waals surface area contributed by atoms with Crippen LogP contribution in [0.15, 0.2) is 36.5 Å². The van der Waals surface area contributed by atoms with Crippen LogP contribution in [0.4, 0.5) is 0 Å². The van der Waals surface area contributed by atoms with Gasteiger partial charge in [-0.3, -0.25) is 0 Å². The van der Waals surface area contributed by atoms with E-state index in [1.165, 1.54) is 19.4 Å². The lowest BCUT2D eigenvalue weighted by atomic mass is 10.1. The van der Waals surface area contributed by atoms with Crippen molar-refractivity contribution in [3.8, 4) is 16.9 Å². The van der Waals surface area contributed by atoms with E-state index in [2.05, 4.69) is 9.72 Å². The first kappa shape index (κ1) is 12.4. The summed E-state index contributed by atoms with van der Waals surface area (Å²) in [6, 6.07) is 8.57. The molecule has 2 aromatic rings. The van der Waals surface area contributed by atoms with Gasteiger partial charge in [-0.05, 0) is 23.8 Å². The highest BCUT2D eigenvalue weighted by Crippen LogP contribution is 2.26. The van der Waals surface area contributed by atoms with Crippen molar-refractivity contribution in [2.24, 2.45) is 0 Å². The first-order valence-electron chi connectivity index (χ1n) is 5.15. The molecule has 0 aliphatic carbocycles. The molecule has 0 amide bonds. The van der Waals surface area contributed by atoms with Crippen molar-refractivity contribution in [1.82, 2.24) is 4.98 Å². The van der Waals surface area contributed by atoms with Gasteiger partial charge in [0.1, 0.15) is 5.75 Å². The maximum Gasteiger partial charge on any atom is 0.360 e. The van der Waals surface area contributed by atoms with Gasteiger partial charge in [0.15, 0.2) is 5.69 Å². The Hall–Kier alpha value is -2.07. The Labute approximate surface area is 109 Å². The van der Waals surface area contributed by atoms with Crippen LogP contribution in [0.2, 0.25) is 5.02 Å². The van der Waals surface area contributed by atoms with Crippen LogP contribution in [0.5, 0.6) is 5.75 Å². The number of esters is 1. The molecule has 1 aromatic carbocycles. The van der Waals surface area contributed by atoms with Crippen molar-refractivity contribution in [2.75, 3.05) is 7.11 Å². The Balaban J connectivity index is 2.43. The molecule has 0 radical (unpaired) electrons. The molecule has 0 unspecified atom stereocenters. The van der Waals surface area contributed by atoms with E-state index in [1.807, 2.05) is 6.07 Å². The summed E-state index contributed by atoms with van der Waals surface area (Å²) in [5, 5.41) is 10.3. The highest BCUT2D eigenvalue weighted by molar-refractivity contribution is 6.30. The van der Waals surface area contributed by atoms with Gasteiger partial charge in [0.05, 0.1) is 7.11 Å². The number of ether oxygens (including phenoxy) is 1. The minimum absolute atomic E-state index is 0.108. The van der Waals surface area contributed by atoms with Crippen LogP contribution in [0.1, 0.15) is 10.5 Å². The largest absolute Gasteiger partial charge is 0.505 e. The number of hydrogen-bond acceptors (Lipinski definition) is 4. The normalized spacial score (nSPS) is 10.1. The van der Waals surface area contributed by atoms with E-state index in [0.717, 1.165) is 5.56 Å². The zero-order chi connectivity index (χ0) is 13.1. The molecule has 0 aliphatic heterocycles. The lowest BCUT2D eigenvalue weighted by Crippen LogP contribution is -2.04. The van der Waals surface area contributed by atoms with Gasteiger partial charge >= 0.3 is 5.97 Å². The Morgan fingerprint density at radius 2 is 2.11 bits per heavy atom. The van der Waals surface area contributed by atoms with Crippen molar-refractivity contribution >= 4 is 17.6 Å². The summed E-state index contributed by atoms with van der Waals surface area (Å²) in [7, 11) is 1.23. The summed E-state index contributed by atoms with van der Waals surface area (Å²) in [6.07, 6.45) is 1.48. The first-order chi connectivity index (χ1) is 8.61. The van der Waals surface area contributed by atoms with Crippen LogP contribution >= 0.6 is 11.6 Å². The molecule has 5 heteroatoms. The number of halogens is 1. The van der Waals surface area contributed by atoms with Gasteiger partial charge in [0.2, 0.25) is 0 Å².